The monoisotopic (exact) mass is 265 g/mol. The van der Waals surface area contributed by atoms with Crippen molar-refractivity contribution >= 4 is 34.5 Å². The second kappa shape index (κ2) is 4.07. The number of hydrogen-bond acceptors (Lipinski definition) is 4. The summed E-state index contributed by atoms with van der Waals surface area (Å²) in [6.45, 7) is 1.98. The molecule has 3 nitrogen and oxygen atoms in total. The summed E-state index contributed by atoms with van der Waals surface area (Å²) < 4.78 is 0. The van der Waals surface area contributed by atoms with Crippen LogP contribution in [-0.4, -0.2) is 33.1 Å². The molecule has 1 fully saturated rings. The standard InChI is InChI=1S/C12H11NO2S2/c1-7-13-9(6-16-7)12(15)17-10-5-3-2-4-8(10)11(13)14/h2-5,7,9H,6H2,1H3. The van der Waals surface area contributed by atoms with E-state index in [1.165, 1.54) is 11.8 Å². The number of amides is 1. The molecule has 1 aromatic rings. The van der Waals surface area contributed by atoms with E-state index in [0.29, 0.717) is 11.3 Å². The van der Waals surface area contributed by atoms with Crippen molar-refractivity contribution in [3.8, 4) is 0 Å². The molecule has 0 saturated carbocycles. The molecule has 0 spiro atoms. The van der Waals surface area contributed by atoms with Crippen LogP contribution in [0.3, 0.4) is 0 Å². The molecule has 1 aromatic carbocycles. The number of carbonyl (C=O) groups excluding carboxylic acids is 2. The van der Waals surface area contributed by atoms with Crippen LogP contribution in [0, 0.1) is 0 Å². The Labute approximate surface area is 108 Å². The molecule has 1 saturated heterocycles. The van der Waals surface area contributed by atoms with E-state index in [1.807, 2.05) is 25.1 Å². The molecule has 2 atom stereocenters. The molecule has 1 amide bonds. The zero-order valence-corrected chi connectivity index (χ0v) is 10.9. The zero-order chi connectivity index (χ0) is 12.0. The Kier molecular flexibility index (Phi) is 2.67. The van der Waals surface area contributed by atoms with E-state index < -0.39 is 0 Å². The van der Waals surface area contributed by atoms with E-state index in [2.05, 4.69) is 0 Å². The Hall–Kier alpha value is -0.940. The highest BCUT2D eigenvalue weighted by Gasteiger charge is 2.42. The Morgan fingerprint density at radius 2 is 2.06 bits per heavy atom. The van der Waals surface area contributed by atoms with Gasteiger partial charge in [-0.2, -0.15) is 0 Å². The largest absolute Gasteiger partial charge is 0.315 e. The van der Waals surface area contributed by atoms with Crippen molar-refractivity contribution in [1.29, 1.82) is 0 Å². The Bertz CT molecular complexity index is 503. The Morgan fingerprint density at radius 3 is 2.88 bits per heavy atom. The van der Waals surface area contributed by atoms with Crippen molar-refractivity contribution in [2.24, 2.45) is 0 Å². The van der Waals surface area contributed by atoms with E-state index in [-0.39, 0.29) is 22.4 Å². The Balaban J connectivity index is 2.12. The molecule has 2 aliphatic heterocycles. The quantitative estimate of drug-likeness (QED) is 0.721. The maximum atomic E-state index is 12.4. The number of benzene rings is 1. The number of carbonyl (C=O) groups is 2. The predicted molar refractivity (Wildman–Crippen MR) is 69.2 cm³/mol. The molecular formula is C12H11NO2S2. The number of hydrogen-bond donors (Lipinski definition) is 0. The average Bonchev–Trinajstić information content (AvgIpc) is 2.66. The summed E-state index contributed by atoms with van der Waals surface area (Å²) in [4.78, 5) is 27.0. The van der Waals surface area contributed by atoms with Crippen LogP contribution in [-0.2, 0) is 4.79 Å². The molecule has 0 radical (unpaired) electrons. The lowest BCUT2D eigenvalue weighted by atomic mass is 10.1. The van der Waals surface area contributed by atoms with Crippen LogP contribution in [0.2, 0.25) is 0 Å². The van der Waals surface area contributed by atoms with Crippen molar-refractivity contribution in [1.82, 2.24) is 4.90 Å². The minimum atomic E-state index is -0.264. The minimum Gasteiger partial charge on any atom is -0.315 e. The first-order chi connectivity index (χ1) is 8.18. The van der Waals surface area contributed by atoms with Gasteiger partial charge in [0, 0.05) is 10.6 Å². The molecule has 2 heterocycles. The van der Waals surface area contributed by atoms with Crippen molar-refractivity contribution in [3.05, 3.63) is 29.8 Å². The number of fused-ring (bicyclic) bond motifs is 2. The number of rotatable bonds is 0. The summed E-state index contributed by atoms with van der Waals surface area (Å²) in [5.74, 6) is 0.702. The fourth-order valence-electron chi connectivity index (χ4n) is 2.18. The molecule has 2 aliphatic rings. The third kappa shape index (κ3) is 1.68. The summed E-state index contributed by atoms with van der Waals surface area (Å²) in [7, 11) is 0. The fraction of sp³-hybridized carbons (Fsp3) is 0.333. The maximum absolute atomic E-state index is 12.4. The van der Waals surface area contributed by atoms with Crippen molar-refractivity contribution in [2.45, 2.75) is 23.2 Å². The van der Waals surface area contributed by atoms with Gasteiger partial charge in [0.15, 0.2) is 0 Å². The van der Waals surface area contributed by atoms with E-state index in [9.17, 15) is 9.59 Å². The highest BCUT2D eigenvalue weighted by Crippen LogP contribution is 2.38. The molecule has 0 aliphatic carbocycles. The molecule has 5 heteroatoms. The lowest BCUT2D eigenvalue weighted by Gasteiger charge is -2.24. The van der Waals surface area contributed by atoms with Gasteiger partial charge in [-0.25, -0.2) is 0 Å². The first-order valence-corrected chi connectivity index (χ1v) is 7.30. The van der Waals surface area contributed by atoms with Crippen molar-refractivity contribution < 1.29 is 9.59 Å². The highest BCUT2D eigenvalue weighted by molar-refractivity contribution is 8.14. The third-order valence-corrected chi connectivity index (χ3v) is 5.32. The zero-order valence-electron chi connectivity index (χ0n) is 9.25. The van der Waals surface area contributed by atoms with Crippen LogP contribution in [0.25, 0.3) is 0 Å². The second-order valence-electron chi connectivity index (χ2n) is 4.08. The molecule has 88 valence electrons. The summed E-state index contributed by atoms with van der Waals surface area (Å²) in [6.07, 6.45) is 0. The maximum Gasteiger partial charge on any atom is 0.256 e. The van der Waals surface area contributed by atoms with Gasteiger partial charge in [0.25, 0.3) is 5.91 Å². The van der Waals surface area contributed by atoms with Crippen LogP contribution in [0.1, 0.15) is 17.3 Å². The molecule has 0 bridgehead atoms. The summed E-state index contributed by atoms with van der Waals surface area (Å²) in [6, 6.07) is 7.09. The molecule has 0 aromatic heterocycles. The number of nitrogens with zero attached hydrogens (tertiary/aromatic N) is 1. The van der Waals surface area contributed by atoms with Gasteiger partial charge < -0.3 is 4.90 Å². The molecule has 3 rings (SSSR count). The van der Waals surface area contributed by atoms with Crippen molar-refractivity contribution in [2.75, 3.05) is 5.75 Å². The molecule has 17 heavy (non-hydrogen) atoms. The predicted octanol–water partition coefficient (Wildman–Crippen LogP) is 2.22. The first-order valence-electron chi connectivity index (χ1n) is 5.43. The van der Waals surface area contributed by atoms with Gasteiger partial charge in [0.05, 0.1) is 10.9 Å². The van der Waals surface area contributed by atoms with E-state index in [1.54, 1.807) is 22.7 Å². The van der Waals surface area contributed by atoms with Crippen LogP contribution in [0.15, 0.2) is 29.2 Å². The lowest BCUT2D eigenvalue weighted by molar-refractivity contribution is -0.114. The Morgan fingerprint density at radius 1 is 1.29 bits per heavy atom. The van der Waals surface area contributed by atoms with Gasteiger partial charge >= 0.3 is 0 Å². The van der Waals surface area contributed by atoms with Gasteiger partial charge in [-0.3, -0.25) is 9.59 Å². The smallest absolute Gasteiger partial charge is 0.256 e. The van der Waals surface area contributed by atoms with Gasteiger partial charge in [-0.05, 0) is 30.8 Å². The fourth-order valence-corrected chi connectivity index (χ4v) is 4.42. The topological polar surface area (TPSA) is 37.4 Å². The molecule has 0 N–H and O–H groups in total. The average molecular weight is 265 g/mol. The van der Waals surface area contributed by atoms with E-state index in [0.717, 1.165) is 4.90 Å². The van der Waals surface area contributed by atoms with Crippen molar-refractivity contribution in [3.63, 3.8) is 0 Å². The summed E-state index contributed by atoms with van der Waals surface area (Å²) >= 11 is 2.87. The van der Waals surface area contributed by atoms with E-state index in [4.69, 9.17) is 0 Å². The lowest BCUT2D eigenvalue weighted by Crippen LogP contribution is -2.42. The van der Waals surface area contributed by atoms with Crippen LogP contribution in [0.5, 0.6) is 0 Å². The summed E-state index contributed by atoms with van der Waals surface area (Å²) in [5, 5.41) is 0.170. The highest BCUT2D eigenvalue weighted by atomic mass is 32.2. The van der Waals surface area contributed by atoms with E-state index >= 15 is 0 Å². The second-order valence-corrected chi connectivity index (χ2v) is 6.47. The number of thioether (sulfide) groups is 2. The molecule has 2 unspecified atom stereocenters. The molecular weight excluding hydrogens is 254 g/mol. The van der Waals surface area contributed by atoms with Crippen LogP contribution < -0.4 is 0 Å². The minimum absolute atomic E-state index is 0.0125. The van der Waals surface area contributed by atoms with Gasteiger partial charge in [-0.15, -0.1) is 11.8 Å². The van der Waals surface area contributed by atoms with Gasteiger partial charge in [0.2, 0.25) is 5.12 Å². The third-order valence-electron chi connectivity index (χ3n) is 3.06. The van der Waals surface area contributed by atoms with Gasteiger partial charge in [-0.1, -0.05) is 12.1 Å². The van der Waals surface area contributed by atoms with Crippen LogP contribution >= 0.6 is 23.5 Å². The van der Waals surface area contributed by atoms with Gasteiger partial charge in [0.1, 0.15) is 6.04 Å². The normalized spacial score (nSPS) is 27.7. The summed E-state index contributed by atoms with van der Waals surface area (Å²) in [5.41, 5.74) is 0.655. The first kappa shape index (κ1) is 11.2. The van der Waals surface area contributed by atoms with Crippen LogP contribution in [0.4, 0.5) is 0 Å². The SMILES string of the molecule is CC1SCC2C(=O)Sc3ccccc3C(=O)N12.